The number of halogens is 3. The van der Waals surface area contributed by atoms with Gasteiger partial charge in [-0.3, -0.25) is 24.1 Å². The Morgan fingerprint density at radius 1 is 1.00 bits per heavy atom. The molecule has 13 heteroatoms. The number of rotatable bonds is 9. The smallest absolute Gasteiger partial charge is 0.294 e. The number of benzene rings is 3. The molecule has 9 nitrogen and oxygen atoms in total. The van der Waals surface area contributed by atoms with Crippen LogP contribution >= 0.6 is 35.0 Å². The van der Waals surface area contributed by atoms with E-state index >= 15 is 0 Å². The molecule has 1 fully saturated rings. The van der Waals surface area contributed by atoms with Crippen molar-refractivity contribution >= 4 is 75.4 Å². The van der Waals surface area contributed by atoms with E-state index in [1.807, 2.05) is 0 Å². The van der Waals surface area contributed by atoms with Crippen LogP contribution in [0.4, 0.5) is 20.6 Å². The van der Waals surface area contributed by atoms with Crippen molar-refractivity contribution in [3.8, 4) is 11.5 Å². The first kappa shape index (κ1) is 28.9. The van der Waals surface area contributed by atoms with Gasteiger partial charge in [-0.1, -0.05) is 35.3 Å². The summed E-state index contributed by atoms with van der Waals surface area (Å²) in [6.07, 6.45) is 1.43. The lowest BCUT2D eigenvalue weighted by Gasteiger charge is -2.14. The molecule has 40 heavy (non-hydrogen) atoms. The van der Waals surface area contributed by atoms with Crippen LogP contribution in [0.2, 0.25) is 10.0 Å². The monoisotopic (exact) mass is 603 g/mol. The van der Waals surface area contributed by atoms with Crippen LogP contribution in [0, 0.1) is 5.82 Å². The van der Waals surface area contributed by atoms with E-state index in [9.17, 15) is 23.6 Å². The van der Waals surface area contributed by atoms with Crippen molar-refractivity contribution in [3.05, 3.63) is 87.0 Å². The first-order valence-electron chi connectivity index (χ1n) is 11.5. The number of para-hydroxylation sites is 1. The molecule has 0 aromatic heterocycles. The molecule has 0 unspecified atom stereocenters. The van der Waals surface area contributed by atoms with E-state index in [-0.39, 0.29) is 21.4 Å². The fourth-order valence-electron chi connectivity index (χ4n) is 3.51. The highest BCUT2D eigenvalue weighted by atomic mass is 35.5. The number of nitrogens with one attached hydrogen (secondary N) is 2. The summed E-state index contributed by atoms with van der Waals surface area (Å²) in [7, 11) is 1.37. The molecule has 0 spiro atoms. The van der Waals surface area contributed by atoms with Gasteiger partial charge in [0.1, 0.15) is 12.4 Å². The van der Waals surface area contributed by atoms with Crippen molar-refractivity contribution in [1.29, 1.82) is 0 Å². The van der Waals surface area contributed by atoms with Crippen LogP contribution in [0.15, 0.2) is 65.6 Å². The zero-order valence-corrected chi connectivity index (χ0v) is 23.0. The summed E-state index contributed by atoms with van der Waals surface area (Å²) in [6, 6.07) is 14.8. The summed E-state index contributed by atoms with van der Waals surface area (Å²) in [5, 5.41) is 4.92. The summed E-state index contributed by atoms with van der Waals surface area (Å²) in [6.45, 7) is -0.911. The molecule has 3 aromatic rings. The van der Waals surface area contributed by atoms with E-state index in [1.165, 1.54) is 49.6 Å². The van der Waals surface area contributed by atoms with Crippen LogP contribution in [-0.4, -0.2) is 48.1 Å². The van der Waals surface area contributed by atoms with Crippen LogP contribution in [0.5, 0.6) is 11.5 Å². The quantitative estimate of drug-likeness (QED) is 0.296. The molecule has 0 saturated carbocycles. The predicted octanol–water partition coefficient (Wildman–Crippen LogP) is 5.83. The van der Waals surface area contributed by atoms with Crippen LogP contribution in [0.3, 0.4) is 0 Å². The number of imide groups is 1. The molecule has 4 amide bonds. The number of carbonyl (C=O) groups is 4. The Hall–Kier alpha value is -4.06. The molecule has 0 aliphatic carbocycles. The standard InChI is InChI=1S/C27H20Cl2FN3O6S/c1-38-21-11-15(10-19(29)25(21)39-14-24(35)31-17-8-6-16(30)7-9-17)12-22-26(36)33(27(37)40-22)13-23(34)32-20-5-3-2-4-18(20)28/h2-12H,13-14H2,1H3,(H,31,35)(H,32,34)/b22-12+. The largest absolute Gasteiger partial charge is 0.493 e. The van der Waals surface area contributed by atoms with E-state index in [0.29, 0.717) is 33.7 Å². The molecule has 206 valence electrons. The summed E-state index contributed by atoms with van der Waals surface area (Å²) >= 11 is 13.1. The van der Waals surface area contributed by atoms with Crippen molar-refractivity contribution in [1.82, 2.24) is 4.90 Å². The first-order valence-corrected chi connectivity index (χ1v) is 13.1. The SMILES string of the molecule is COc1cc(/C=C2/SC(=O)N(CC(=O)Nc3ccccc3Cl)C2=O)cc(Cl)c1OCC(=O)Nc1ccc(F)cc1. The molecule has 2 N–H and O–H groups in total. The highest BCUT2D eigenvalue weighted by Gasteiger charge is 2.36. The number of methoxy groups -OCH3 is 1. The Morgan fingerprint density at radius 2 is 1.73 bits per heavy atom. The number of anilines is 2. The number of hydrogen-bond acceptors (Lipinski definition) is 7. The van der Waals surface area contributed by atoms with Gasteiger partial charge in [-0.05, 0) is 71.9 Å². The maximum absolute atomic E-state index is 13.0. The number of thioether (sulfide) groups is 1. The topological polar surface area (TPSA) is 114 Å². The maximum Gasteiger partial charge on any atom is 0.294 e. The Kier molecular flexibility index (Phi) is 9.30. The lowest BCUT2D eigenvalue weighted by molar-refractivity contribution is -0.127. The van der Waals surface area contributed by atoms with Crippen molar-refractivity contribution in [2.24, 2.45) is 0 Å². The fraction of sp³-hybridized carbons (Fsp3) is 0.111. The molecule has 3 aromatic carbocycles. The van der Waals surface area contributed by atoms with Crippen LogP contribution in [0.25, 0.3) is 6.08 Å². The number of carbonyl (C=O) groups excluding carboxylic acids is 4. The second-order valence-electron chi connectivity index (χ2n) is 8.17. The third-order valence-corrected chi connectivity index (χ3v) is 6.87. The van der Waals surface area contributed by atoms with E-state index < -0.39 is 41.9 Å². The fourth-order valence-corrected chi connectivity index (χ4v) is 4.81. The van der Waals surface area contributed by atoms with Gasteiger partial charge in [-0.25, -0.2) is 4.39 Å². The van der Waals surface area contributed by atoms with Gasteiger partial charge in [-0.15, -0.1) is 0 Å². The predicted molar refractivity (Wildman–Crippen MR) is 151 cm³/mol. The van der Waals surface area contributed by atoms with Crippen LogP contribution in [-0.2, 0) is 14.4 Å². The molecule has 0 atom stereocenters. The van der Waals surface area contributed by atoms with Crippen molar-refractivity contribution in [2.75, 3.05) is 30.9 Å². The second-order valence-corrected chi connectivity index (χ2v) is 9.98. The molecule has 1 saturated heterocycles. The van der Waals surface area contributed by atoms with Gasteiger partial charge in [0.15, 0.2) is 18.1 Å². The van der Waals surface area contributed by atoms with Gasteiger partial charge >= 0.3 is 0 Å². The lowest BCUT2D eigenvalue weighted by Crippen LogP contribution is -2.36. The highest BCUT2D eigenvalue weighted by molar-refractivity contribution is 8.18. The van der Waals surface area contributed by atoms with Crippen molar-refractivity contribution in [2.45, 2.75) is 0 Å². The lowest BCUT2D eigenvalue weighted by atomic mass is 10.1. The molecule has 4 rings (SSSR count). The Labute approximate surface area is 242 Å². The molecule has 0 bridgehead atoms. The van der Waals surface area contributed by atoms with E-state index in [1.54, 1.807) is 24.3 Å². The highest BCUT2D eigenvalue weighted by Crippen LogP contribution is 2.39. The maximum atomic E-state index is 13.0. The number of ether oxygens (including phenoxy) is 2. The third-order valence-electron chi connectivity index (χ3n) is 5.35. The zero-order valence-electron chi connectivity index (χ0n) is 20.7. The summed E-state index contributed by atoms with van der Waals surface area (Å²) in [4.78, 5) is 50.9. The Bertz CT molecular complexity index is 1520. The summed E-state index contributed by atoms with van der Waals surface area (Å²) in [5.74, 6) is -1.94. The summed E-state index contributed by atoms with van der Waals surface area (Å²) < 4.78 is 23.9. The average molecular weight is 604 g/mol. The Balaban J connectivity index is 1.42. The average Bonchev–Trinajstić information content (AvgIpc) is 3.17. The van der Waals surface area contributed by atoms with Crippen LogP contribution < -0.4 is 20.1 Å². The minimum Gasteiger partial charge on any atom is -0.493 e. The number of nitrogens with zero attached hydrogens (tertiary/aromatic N) is 1. The summed E-state index contributed by atoms with van der Waals surface area (Å²) in [5.41, 5.74) is 1.16. The van der Waals surface area contributed by atoms with Gasteiger partial charge in [0.2, 0.25) is 5.91 Å². The van der Waals surface area contributed by atoms with Gasteiger partial charge in [-0.2, -0.15) is 0 Å². The molecule has 0 radical (unpaired) electrons. The van der Waals surface area contributed by atoms with E-state index in [0.717, 1.165) is 4.90 Å². The van der Waals surface area contributed by atoms with E-state index in [2.05, 4.69) is 10.6 Å². The number of amides is 4. The second kappa shape index (κ2) is 12.9. The Morgan fingerprint density at radius 3 is 2.42 bits per heavy atom. The van der Waals surface area contributed by atoms with Crippen molar-refractivity contribution < 1.29 is 33.0 Å². The minimum absolute atomic E-state index is 0.0704. The van der Waals surface area contributed by atoms with Gasteiger partial charge in [0.25, 0.3) is 17.1 Å². The minimum atomic E-state index is -0.655. The molecule has 1 heterocycles. The third kappa shape index (κ3) is 7.12. The van der Waals surface area contributed by atoms with E-state index in [4.69, 9.17) is 32.7 Å². The molecule has 1 aliphatic rings. The number of hydrogen-bond donors (Lipinski definition) is 2. The molecular weight excluding hydrogens is 584 g/mol. The molecular formula is C27H20Cl2FN3O6S. The molecule has 1 aliphatic heterocycles. The van der Waals surface area contributed by atoms with Gasteiger partial charge in [0.05, 0.1) is 27.7 Å². The zero-order chi connectivity index (χ0) is 28.8. The van der Waals surface area contributed by atoms with Gasteiger partial charge < -0.3 is 20.1 Å². The first-order chi connectivity index (χ1) is 19.1. The normalized spacial score (nSPS) is 13.9. The van der Waals surface area contributed by atoms with Gasteiger partial charge in [0, 0.05) is 5.69 Å². The van der Waals surface area contributed by atoms with Crippen molar-refractivity contribution in [3.63, 3.8) is 0 Å². The van der Waals surface area contributed by atoms with Crippen LogP contribution in [0.1, 0.15) is 5.56 Å².